The Morgan fingerprint density at radius 1 is 1.30 bits per heavy atom. The van der Waals surface area contributed by atoms with E-state index in [0.29, 0.717) is 17.1 Å². The molecule has 2 N–H and O–H groups in total. The summed E-state index contributed by atoms with van der Waals surface area (Å²) >= 11 is 0. The first-order valence-electron chi connectivity index (χ1n) is 8.78. The Hall–Kier alpha value is -4.15. The number of ether oxygens (including phenoxy) is 3. The van der Waals surface area contributed by atoms with Crippen LogP contribution in [0.2, 0.25) is 0 Å². The van der Waals surface area contributed by atoms with Gasteiger partial charge in [-0.2, -0.15) is 5.10 Å². The van der Waals surface area contributed by atoms with E-state index in [4.69, 9.17) is 14.2 Å². The minimum Gasteiger partial charge on any atom is -0.490 e. The zero-order valence-electron chi connectivity index (χ0n) is 15.9. The first-order chi connectivity index (χ1) is 14.5. The molecule has 30 heavy (non-hydrogen) atoms. The van der Waals surface area contributed by atoms with Gasteiger partial charge in [0.1, 0.15) is 6.61 Å². The van der Waals surface area contributed by atoms with Gasteiger partial charge in [-0.3, -0.25) is 19.7 Å². The van der Waals surface area contributed by atoms with Crippen LogP contribution in [0.15, 0.2) is 47.6 Å². The number of nitro benzene ring substituents is 1. The molecule has 156 valence electrons. The first-order valence-corrected chi connectivity index (χ1v) is 8.78. The zero-order valence-corrected chi connectivity index (χ0v) is 15.9. The molecule has 0 saturated carbocycles. The first kappa shape index (κ1) is 20.6. The third-order valence-electron chi connectivity index (χ3n) is 4.03. The van der Waals surface area contributed by atoms with E-state index in [9.17, 15) is 19.7 Å². The molecule has 0 fully saturated rings. The number of nitrogens with zero attached hydrogens (tertiary/aromatic N) is 2. The number of nitrogens with one attached hydrogen (secondary N) is 2. The molecule has 1 atom stereocenters. The lowest BCUT2D eigenvalue weighted by Gasteiger charge is -2.25. The summed E-state index contributed by atoms with van der Waals surface area (Å²) in [6, 6.07) is 11.2. The van der Waals surface area contributed by atoms with Crippen molar-refractivity contribution in [1.29, 1.82) is 0 Å². The Bertz CT molecular complexity index is 993. The topological polar surface area (TPSA) is 141 Å². The summed E-state index contributed by atoms with van der Waals surface area (Å²) in [4.78, 5) is 34.4. The summed E-state index contributed by atoms with van der Waals surface area (Å²) in [6.45, 7) is -0.306. The van der Waals surface area contributed by atoms with E-state index < -0.39 is 22.8 Å². The highest BCUT2D eigenvalue weighted by molar-refractivity contribution is 5.88. The molecular formula is C19H18N4O7. The highest BCUT2D eigenvalue weighted by Gasteiger charge is 2.27. The third kappa shape index (κ3) is 5.01. The van der Waals surface area contributed by atoms with Gasteiger partial charge in [0.25, 0.3) is 11.8 Å². The molecule has 0 aliphatic carbocycles. The van der Waals surface area contributed by atoms with Crippen LogP contribution in [0.3, 0.4) is 0 Å². The number of methoxy groups -OCH3 is 1. The van der Waals surface area contributed by atoms with Crippen molar-refractivity contribution in [2.45, 2.75) is 6.10 Å². The van der Waals surface area contributed by atoms with Crippen molar-refractivity contribution >= 4 is 23.7 Å². The van der Waals surface area contributed by atoms with Crippen molar-refractivity contribution in [3.63, 3.8) is 0 Å². The van der Waals surface area contributed by atoms with E-state index in [0.717, 1.165) is 0 Å². The third-order valence-corrected chi connectivity index (χ3v) is 4.03. The van der Waals surface area contributed by atoms with Crippen LogP contribution in [0.1, 0.15) is 5.56 Å². The summed E-state index contributed by atoms with van der Waals surface area (Å²) in [7, 11) is 1.33. The molecule has 1 aliphatic rings. The Balaban J connectivity index is 1.48. The van der Waals surface area contributed by atoms with E-state index in [2.05, 4.69) is 15.8 Å². The van der Waals surface area contributed by atoms with Crippen molar-refractivity contribution in [3.8, 4) is 17.2 Å². The second-order valence-corrected chi connectivity index (χ2v) is 6.06. The Morgan fingerprint density at radius 3 is 2.80 bits per heavy atom. The fourth-order valence-electron chi connectivity index (χ4n) is 2.58. The molecule has 2 aromatic carbocycles. The molecule has 3 rings (SSSR count). The fourth-order valence-corrected chi connectivity index (χ4v) is 2.58. The lowest BCUT2D eigenvalue weighted by molar-refractivity contribution is -0.385. The second-order valence-electron chi connectivity index (χ2n) is 6.06. The van der Waals surface area contributed by atoms with Crippen LogP contribution in [-0.2, 0) is 9.59 Å². The number of nitro groups is 1. The molecule has 0 spiro atoms. The molecule has 0 radical (unpaired) electrons. The van der Waals surface area contributed by atoms with Crippen molar-refractivity contribution in [2.24, 2.45) is 5.10 Å². The Morgan fingerprint density at radius 2 is 2.07 bits per heavy atom. The van der Waals surface area contributed by atoms with Crippen LogP contribution in [0, 0.1) is 10.1 Å². The van der Waals surface area contributed by atoms with Gasteiger partial charge in [-0.1, -0.05) is 12.1 Å². The monoisotopic (exact) mass is 414 g/mol. The number of para-hydroxylation sites is 2. The average molecular weight is 414 g/mol. The molecule has 2 amide bonds. The number of hydrogen-bond acceptors (Lipinski definition) is 8. The van der Waals surface area contributed by atoms with Crippen LogP contribution < -0.4 is 25.0 Å². The number of rotatable bonds is 7. The molecule has 2 aromatic rings. The smallest absolute Gasteiger partial charge is 0.311 e. The van der Waals surface area contributed by atoms with Gasteiger partial charge in [0.15, 0.2) is 17.2 Å². The molecule has 0 unspecified atom stereocenters. The molecule has 1 heterocycles. The Labute approximate surface area is 170 Å². The van der Waals surface area contributed by atoms with Gasteiger partial charge in [0.2, 0.25) is 6.10 Å². The highest BCUT2D eigenvalue weighted by Crippen LogP contribution is 2.30. The van der Waals surface area contributed by atoms with E-state index in [1.807, 2.05) is 0 Å². The summed E-state index contributed by atoms with van der Waals surface area (Å²) < 4.78 is 15.9. The molecular weight excluding hydrogens is 396 g/mol. The predicted octanol–water partition coefficient (Wildman–Crippen LogP) is 1.01. The number of carbonyl (C=O) groups excluding carboxylic acids is 2. The lowest BCUT2D eigenvalue weighted by Crippen LogP contribution is -2.46. The van der Waals surface area contributed by atoms with Crippen LogP contribution >= 0.6 is 0 Å². The molecule has 1 aliphatic heterocycles. The van der Waals surface area contributed by atoms with Gasteiger partial charge >= 0.3 is 5.69 Å². The number of benzene rings is 2. The largest absolute Gasteiger partial charge is 0.490 e. The number of fused-ring (bicyclic) bond motifs is 1. The average Bonchev–Trinajstić information content (AvgIpc) is 2.77. The highest BCUT2D eigenvalue weighted by atomic mass is 16.6. The number of hydrogen-bond donors (Lipinski definition) is 2. The van der Waals surface area contributed by atoms with Crippen LogP contribution in [0.25, 0.3) is 0 Å². The lowest BCUT2D eigenvalue weighted by atomic mass is 10.2. The SMILES string of the molecule is COc1ccc(C=NNC(=O)CNC(=O)[C@@H]2COc3ccccc3O2)cc1[N+](=O)[O-]. The number of carbonyl (C=O) groups is 2. The van der Waals surface area contributed by atoms with Crippen molar-refractivity contribution in [2.75, 3.05) is 20.3 Å². The molecule has 0 saturated heterocycles. The quantitative estimate of drug-likeness (QED) is 0.391. The number of hydrazone groups is 1. The summed E-state index contributed by atoms with van der Waals surface area (Å²) in [6.07, 6.45) is 0.359. The van der Waals surface area contributed by atoms with Crippen LogP contribution in [0.5, 0.6) is 17.2 Å². The van der Waals surface area contributed by atoms with Crippen molar-refractivity contribution in [1.82, 2.24) is 10.7 Å². The van der Waals surface area contributed by atoms with Gasteiger partial charge in [-0.15, -0.1) is 0 Å². The van der Waals surface area contributed by atoms with E-state index in [-0.39, 0.29) is 24.6 Å². The Kier molecular flexibility index (Phi) is 6.42. The van der Waals surface area contributed by atoms with E-state index >= 15 is 0 Å². The van der Waals surface area contributed by atoms with Gasteiger partial charge in [0.05, 0.1) is 24.8 Å². The molecule has 0 bridgehead atoms. The van der Waals surface area contributed by atoms with Crippen LogP contribution in [-0.4, -0.2) is 49.3 Å². The predicted molar refractivity (Wildman–Crippen MR) is 105 cm³/mol. The fraction of sp³-hybridized carbons (Fsp3) is 0.211. The maximum absolute atomic E-state index is 12.2. The summed E-state index contributed by atoms with van der Waals surface area (Å²) in [5, 5.41) is 17.2. The van der Waals surface area contributed by atoms with E-state index in [1.165, 1.54) is 25.5 Å². The molecule has 11 heteroatoms. The molecule has 11 nitrogen and oxygen atoms in total. The normalized spacial score (nSPS) is 14.8. The van der Waals surface area contributed by atoms with Crippen molar-refractivity contribution in [3.05, 3.63) is 58.1 Å². The van der Waals surface area contributed by atoms with Gasteiger partial charge in [0, 0.05) is 11.6 Å². The van der Waals surface area contributed by atoms with Gasteiger partial charge < -0.3 is 19.5 Å². The molecule has 0 aromatic heterocycles. The minimum atomic E-state index is -0.879. The maximum Gasteiger partial charge on any atom is 0.311 e. The maximum atomic E-state index is 12.2. The minimum absolute atomic E-state index is 0.0267. The summed E-state index contributed by atoms with van der Waals surface area (Å²) in [5.74, 6) is 0.0218. The number of amides is 2. The second kappa shape index (κ2) is 9.37. The van der Waals surface area contributed by atoms with Crippen LogP contribution in [0.4, 0.5) is 5.69 Å². The van der Waals surface area contributed by atoms with E-state index in [1.54, 1.807) is 30.3 Å². The zero-order chi connectivity index (χ0) is 21.5. The van der Waals surface area contributed by atoms with Gasteiger partial charge in [-0.05, 0) is 24.3 Å². The van der Waals surface area contributed by atoms with Gasteiger partial charge in [-0.25, -0.2) is 5.43 Å². The van der Waals surface area contributed by atoms with Crippen molar-refractivity contribution < 1.29 is 28.7 Å². The standard InChI is InChI=1S/C19H18N4O7/c1-28-14-7-6-12(8-13(14)23(26)27)9-21-22-18(24)10-20-19(25)17-11-29-15-4-2-3-5-16(15)30-17/h2-9,17H,10-11H2,1H3,(H,20,25)(H,22,24)/t17-/m0/s1. The summed E-state index contributed by atoms with van der Waals surface area (Å²) in [5.41, 5.74) is 2.39.